The third-order valence-electron chi connectivity index (χ3n) is 4.71. The highest BCUT2D eigenvalue weighted by Gasteiger charge is 2.52. The van der Waals surface area contributed by atoms with Gasteiger partial charge >= 0.3 is 0 Å². The van der Waals surface area contributed by atoms with Gasteiger partial charge in [0.25, 0.3) is 0 Å². The zero-order valence-electron chi connectivity index (χ0n) is 9.64. The van der Waals surface area contributed by atoms with Crippen molar-refractivity contribution in [3.05, 3.63) is 0 Å². The third-order valence-corrected chi connectivity index (χ3v) is 4.71. The van der Waals surface area contributed by atoms with Crippen LogP contribution in [0.1, 0.15) is 52.9 Å². The summed E-state index contributed by atoms with van der Waals surface area (Å²) in [7, 11) is 0. The van der Waals surface area contributed by atoms with E-state index in [1.54, 1.807) is 0 Å². The van der Waals surface area contributed by atoms with Crippen LogP contribution >= 0.6 is 0 Å². The SMILES string of the molecule is CC1(C)CCCC2(C)/C(=N\N)CCC12. The molecular formula is C12H22N2. The van der Waals surface area contributed by atoms with Gasteiger partial charge in [-0.1, -0.05) is 27.2 Å². The molecule has 0 spiro atoms. The average molecular weight is 194 g/mol. The highest BCUT2D eigenvalue weighted by atomic mass is 15.1. The number of nitrogens with two attached hydrogens (primary N) is 1. The molecule has 0 aromatic rings. The molecule has 2 saturated carbocycles. The zero-order chi connectivity index (χ0) is 10.4. The van der Waals surface area contributed by atoms with E-state index in [9.17, 15) is 0 Å². The van der Waals surface area contributed by atoms with Gasteiger partial charge < -0.3 is 5.84 Å². The fourth-order valence-corrected chi connectivity index (χ4v) is 3.96. The van der Waals surface area contributed by atoms with E-state index in [1.807, 2.05) is 0 Å². The number of nitrogens with zero attached hydrogens (tertiary/aromatic N) is 1. The van der Waals surface area contributed by atoms with Gasteiger partial charge in [0.2, 0.25) is 0 Å². The van der Waals surface area contributed by atoms with Crippen molar-refractivity contribution in [1.82, 2.24) is 0 Å². The normalized spacial score (nSPS) is 43.9. The van der Waals surface area contributed by atoms with E-state index in [-0.39, 0.29) is 0 Å². The van der Waals surface area contributed by atoms with Crippen molar-refractivity contribution in [1.29, 1.82) is 0 Å². The van der Waals surface area contributed by atoms with Gasteiger partial charge in [0.15, 0.2) is 0 Å². The number of hydrogen-bond donors (Lipinski definition) is 1. The molecule has 2 aliphatic rings. The van der Waals surface area contributed by atoms with Crippen molar-refractivity contribution >= 4 is 5.71 Å². The molecule has 2 fully saturated rings. The Labute approximate surface area is 86.9 Å². The van der Waals surface area contributed by atoms with Crippen molar-refractivity contribution in [2.75, 3.05) is 0 Å². The van der Waals surface area contributed by atoms with Crippen molar-refractivity contribution in [2.45, 2.75) is 52.9 Å². The Morgan fingerprint density at radius 1 is 1.29 bits per heavy atom. The molecule has 80 valence electrons. The van der Waals surface area contributed by atoms with Gasteiger partial charge in [-0.05, 0) is 37.0 Å². The molecule has 2 aliphatic carbocycles. The molecule has 14 heavy (non-hydrogen) atoms. The molecule has 2 nitrogen and oxygen atoms in total. The van der Waals surface area contributed by atoms with Crippen LogP contribution in [0.15, 0.2) is 5.10 Å². The molecular weight excluding hydrogens is 172 g/mol. The van der Waals surface area contributed by atoms with E-state index in [0.29, 0.717) is 10.8 Å². The first-order chi connectivity index (χ1) is 6.50. The van der Waals surface area contributed by atoms with Crippen molar-refractivity contribution in [3.8, 4) is 0 Å². The van der Waals surface area contributed by atoms with Crippen LogP contribution in [0.25, 0.3) is 0 Å². The minimum absolute atomic E-state index is 0.316. The predicted octanol–water partition coefficient (Wildman–Crippen LogP) is 2.93. The van der Waals surface area contributed by atoms with Crippen LogP contribution < -0.4 is 5.84 Å². The first-order valence-corrected chi connectivity index (χ1v) is 5.78. The van der Waals surface area contributed by atoms with Crippen LogP contribution in [-0.2, 0) is 0 Å². The van der Waals surface area contributed by atoms with Gasteiger partial charge in [-0.3, -0.25) is 0 Å². The van der Waals surface area contributed by atoms with E-state index in [1.165, 1.54) is 31.4 Å². The Kier molecular flexibility index (Phi) is 2.13. The van der Waals surface area contributed by atoms with E-state index in [2.05, 4.69) is 25.9 Å². The monoisotopic (exact) mass is 194 g/mol. The molecule has 0 bridgehead atoms. The minimum atomic E-state index is 0.316. The topological polar surface area (TPSA) is 38.4 Å². The molecule has 0 heterocycles. The smallest absolute Gasteiger partial charge is 0.0437 e. The number of hydrogen-bond acceptors (Lipinski definition) is 2. The second kappa shape index (κ2) is 2.98. The van der Waals surface area contributed by atoms with Crippen LogP contribution in [0, 0.1) is 16.7 Å². The van der Waals surface area contributed by atoms with Crippen molar-refractivity contribution < 1.29 is 0 Å². The lowest BCUT2D eigenvalue weighted by Crippen LogP contribution is -2.42. The Hall–Kier alpha value is -0.530. The summed E-state index contributed by atoms with van der Waals surface area (Å²) < 4.78 is 0. The standard InChI is InChI=1S/C12H22N2/c1-11(2)7-4-8-12(3)9(11)5-6-10(12)14-13/h9H,4-8,13H2,1-3H3/b14-10-. The van der Waals surface area contributed by atoms with Crippen molar-refractivity contribution in [2.24, 2.45) is 27.7 Å². The molecule has 2 rings (SSSR count). The maximum Gasteiger partial charge on any atom is 0.0437 e. The molecule has 0 saturated heterocycles. The van der Waals surface area contributed by atoms with E-state index >= 15 is 0 Å². The predicted molar refractivity (Wildman–Crippen MR) is 60.1 cm³/mol. The molecule has 0 radical (unpaired) electrons. The molecule has 2 atom stereocenters. The largest absolute Gasteiger partial charge is 0.323 e. The Balaban J connectivity index is 2.35. The van der Waals surface area contributed by atoms with Crippen LogP contribution in [-0.4, -0.2) is 5.71 Å². The number of hydrazone groups is 1. The lowest BCUT2D eigenvalue weighted by Gasteiger charge is -2.47. The van der Waals surface area contributed by atoms with Gasteiger partial charge in [-0.15, -0.1) is 0 Å². The molecule has 0 aromatic heterocycles. The van der Waals surface area contributed by atoms with Gasteiger partial charge in [0, 0.05) is 11.1 Å². The van der Waals surface area contributed by atoms with Crippen LogP contribution in [0.3, 0.4) is 0 Å². The Morgan fingerprint density at radius 3 is 2.64 bits per heavy atom. The van der Waals surface area contributed by atoms with Gasteiger partial charge in [-0.25, -0.2) is 0 Å². The van der Waals surface area contributed by atoms with Crippen molar-refractivity contribution in [3.63, 3.8) is 0 Å². The van der Waals surface area contributed by atoms with Crippen LogP contribution in [0.5, 0.6) is 0 Å². The summed E-state index contributed by atoms with van der Waals surface area (Å²) in [5.41, 5.74) is 2.07. The first-order valence-electron chi connectivity index (χ1n) is 5.78. The second-order valence-electron chi connectivity index (χ2n) is 5.93. The van der Waals surface area contributed by atoms with E-state index in [4.69, 9.17) is 5.84 Å². The van der Waals surface area contributed by atoms with E-state index in [0.717, 1.165) is 12.3 Å². The molecule has 0 aromatic carbocycles. The molecule has 0 aliphatic heterocycles. The first kappa shape index (κ1) is 10.0. The maximum atomic E-state index is 5.50. The zero-order valence-corrected chi connectivity index (χ0v) is 9.64. The minimum Gasteiger partial charge on any atom is -0.323 e. The summed E-state index contributed by atoms with van der Waals surface area (Å²) in [4.78, 5) is 0. The lowest BCUT2D eigenvalue weighted by molar-refractivity contribution is 0.0601. The highest BCUT2D eigenvalue weighted by molar-refractivity contribution is 5.92. The fourth-order valence-electron chi connectivity index (χ4n) is 3.96. The summed E-state index contributed by atoms with van der Waals surface area (Å²) >= 11 is 0. The molecule has 2 unspecified atom stereocenters. The van der Waals surface area contributed by atoms with Gasteiger partial charge in [0.1, 0.15) is 0 Å². The van der Waals surface area contributed by atoms with Crippen LogP contribution in [0.4, 0.5) is 0 Å². The second-order valence-corrected chi connectivity index (χ2v) is 5.93. The summed E-state index contributed by atoms with van der Waals surface area (Å²) in [5.74, 6) is 6.30. The Bertz CT molecular complexity index is 267. The molecule has 2 N–H and O–H groups in total. The lowest BCUT2D eigenvalue weighted by atomic mass is 9.58. The fraction of sp³-hybridized carbons (Fsp3) is 0.917. The average Bonchev–Trinajstić information content (AvgIpc) is 2.42. The summed E-state index contributed by atoms with van der Waals surface area (Å²) in [6.45, 7) is 7.19. The number of fused-ring (bicyclic) bond motifs is 1. The summed E-state index contributed by atoms with van der Waals surface area (Å²) in [6, 6.07) is 0. The summed E-state index contributed by atoms with van der Waals surface area (Å²) in [6.07, 6.45) is 6.40. The summed E-state index contributed by atoms with van der Waals surface area (Å²) in [5, 5.41) is 4.03. The third kappa shape index (κ3) is 1.19. The van der Waals surface area contributed by atoms with Gasteiger partial charge in [-0.2, -0.15) is 5.10 Å². The van der Waals surface area contributed by atoms with Crippen LogP contribution in [0.2, 0.25) is 0 Å². The van der Waals surface area contributed by atoms with E-state index < -0.39 is 0 Å². The number of rotatable bonds is 0. The maximum absolute atomic E-state index is 5.50. The molecule has 2 heteroatoms. The van der Waals surface area contributed by atoms with Gasteiger partial charge in [0.05, 0.1) is 0 Å². The molecule has 0 amide bonds. The quantitative estimate of drug-likeness (QED) is 0.467. The Morgan fingerprint density at radius 2 is 2.00 bits per heavy atom. The highest BCUT2D eigenvalue weighted by Crippen LogP contribution is 2.57.